The van der Waals surface area contributed by atoms with Crippen molar-refractivity contribution in [3.8, 4) is 0 Å². The van der Waals surface area contributed by atoms with Gasteiger partial charge in [-0.05, 0) is 50.6 Å². The van der Waals surface area contributed by atoms with Gasteiger partial charge in [0, 0.05) is 12.2 Å². The molecule has 1 N–H and O–H groups in total. The van der Waals surface area contributed by atoms with Gasteiger partial charge in [-0.3, -0.25) is 9.69 Å². The number of likely N-dealkylation sites (tertiary alicyclic amines) is 1. The lowest BCUT2D eigenvalue weighted by Gasteiger charge is -2.28. The average molecular weight is 309 g/mol. The van der Waals surface area contributed by atoms with E-state index in [1.54, 1.807) is 6.07 Å². The molecule has 1 unspecified atom stereocenters. The fourth-order valence-electron chi connectivity index (χ4n) is 3.14. The molecule has 0 saturated carbocycles. The number of hydrogen-bond acceptors (Lipinski definition) is 3. The largest absolute Gasteiger partial charge is 0.349 e. The quantitative estimate of drug-likeness (QED) is 0.923. The van der Waals surface area contributed by atoms with Crippen molar-refractivity contribution in [1.29, 1.82) is 0 Å². The van der Waals surface area contributed by atoms with Crippen LogP contribution in [0.25, 0.3) is 0 Å². The minimum absolute atomic E-state index is 0.103. The number of nitrogens with one attached hydrogen (secondary N) is 1. The molecule has 2 heterocycles. The maximum Gasteiger partial charge on any atom is 0.269 e. The number of amides is 1. The fraction of sp³-hybridized carbons (Fsp3) is 0.368. The summed E-state index contributed by atoms with van der Waals surface area (Å²) in [6.07, 6.45) is 2.47. The second kappa shape index (κ2) is 7.38. The number of benzene rings is 1. The fourth-order valence-corrected chi connectivity index (χ4v) is 3.14. The summed E-state index contributed by atoms with van der Waals surface area (Å²) in [5.41, 5.74) is 2.60. The van der Waals surface area contributed by atoms with Crippen molar-refractivity contribution in [1.82, 2.24) is 15.2 Å². The lowest BCUT2D eigenvalue weighted by Crippen LogP contribution is -2.37. The van der Waals surface area contributed by atoms with E-state index < -0.39 is 0 Å². The van der Waals surface area contributed by atoms with Crippen LogP contribution in [-0.2, 0) is 0 Å². The standard InChI is InChI=1S/C19H23N3O/c1-15-8-7-11-17(21-15)19(23)20-14-18(22-12-5-6-13-22)16-9-3-2-4-10-16/h2-4,7-11,18H,5-6,12-14H2,1H3,(H,20,23). The highest BCUT2D eigenvalue weighted by molar-refractivity contribution is 5.92. The van der Waals surface area contributed by atoms with Crippen LogP contribution in [0.3, 0.4) is 0 Å². The Labute approximate surface area is 137 Å². The van der Waals surface area contributed by atoms with Gasteiger partial charge < -0.3 is 5.32 Å². The van der Waals surface area contributed by atoms with Gasteiger partial charge in [-0.25, -0.2) is 4.98 Å². The van der Waals surface area contributed by atoms with Gasteiger partial charge in [0.15, 0.2) is 0 Å². The molecule has 0 bridgehead atoms. The first-order chi connectivity index (χ1) is 11.2. The maximum absolute atomic E-state index is 12.4. The van der Waals surface area contributed by atoms with Gasteiger partial charge in [-0.15, -0.1) is 0 Å². The third-order valence-corrected chi connectivity index (χ3v) is 4.34. The minimum Gasteiger partial charge on any atom is -0.349 e. The summed E-state index contributed by atoms with van der Waals surface area (Å²) in [6, 6.07) is 16.2. The van der Waals surface area contributed by atoms with E-state index in [9.17, 15) is 4.79 Å². The van der Waals surface area contributed by atoms with Crippen molar-refractivity contribution in [2.45, 2.75) is 25.8 Å². The highest BCUT2D eigenvalue weighted by Gasteiger charge is 2.24. The summed E-state index contributed by atoms with van der Waals surface area (Å²) in [6.45, 7) is 4.70. The summed E-state index contributed by atoms with van der Waals surface area (Å²) >= 11 is 0. The Morgan fingerprint density at radius 2 is 1.87 bits per heavy atom. The van der Waals surface area contributed by atoms with Crippen LogP contribution in [0.2, 0.25) is 0 Å². The molecule has 1 aromatic heterocycles. The Morgan fingerprint density at radius 3 is 2.57 bits per heavy atom. The number of hydrogen-bond donors (Lipinski definition) is 1. The molecule has 1 aromatic carbocycles. The Morgan fingerprint density at radius 1 is 1.13 bits per heavy atom. The van der Waals surface area contributed by atoms with E-state index in [0.717, 1.165) is 18.8 Å². The smallest absolute Gasteiger partial charge is 0.269 e. The van der Waals surface area contributed by atoms with Crippen LogP contribution in [0.4, 0.5) is 0 Å². The lowest BCUT2D eigenvalue weighted by molar-refractivity contribution is 0.0932. The third-order valence-electron chi connectivity index (χ3n) is 4.34. The summed E-state index contributed by atoms with van der Waals surface area (Å²) < 4.78 is 0. The van der Waals surface area contributed by atoms with Crippen LogP contribution in [0, 0.1) is 6.92 Å². The first-order valence-corrected chi connectivity index (χ1v) is 8.25. The van der Waals surface area contributed by atoms with Crippen molar-refractivity contribution in [2.24, 2.45) is 0 Å². The van der Waals surface area contributed by atoms with Crippen LogP contribution in [0.5, 0.6) is 0 Å². The molecule has 0 spiro atoms. The molecule has 1 atom stereocenters. The predicted molar refractivity (Wildman–Crippen MR) is 91.3 cm³/mol. The molecule has 3 rings (SSSR count). The Kier molecular flexibility index (Phi) is 5.03. The van der Waals surface area contributed by atoms with E-state index >= 15 is 0 Å². The second-order valence-corrected chi connectivity index (χ2v) is 6.04. The normalized spacial score (nSPS) is 16.2. The first kappa shape index (κ1) is 15.7. The van der Waals surface area contributed by atoms with E-state index in [1.807, 2.05) is 25.1 Å². The Balaban J connectivity index is 1.70. The van der Waals surface area contributed by atoms with Gasteiger partial charge in [-0.2, -0.15) is 0 Å². The van der Waals surface area contributed by atoms with E-state index in [4.69, 9.17) is 0 Å². The molecule has 1 amide bonds. The van der Waals surface area contributed by atoms with Crippen LogP contribution in [0.1, 0.15) is 40.6 Å². The molecule has 120 valence electrons. The average Bonchev–Trinajstić information content (AvgIpc) is 3.10. The topological polar surface area (TPSA) is 45.2 Å². The monoisotopic (exact) mass is 309 g/mol. The van der Waals surface area contributed by atoms with Crippen LogP contribution in [-0.4, -0.2) is 35.4 Å². The molecule has 23 heavy (non-hydrogen) atoms. The van der Waals surface area contributed by atoms with Crippen molar-refractivity contribution < 1.29 is 4.79 Å². The first-order valence-electron chi connectivity index (χ1n) is 8.25. The van der Waals surface area contributed by atoms with Gasteiger partial charge >= 0.3 is 0 Å². The summed E-state index contributed by atoms with van der Waals surface area (Å²) in [7, 11) is 0. The van der Waals surface area contributed by atoms with Gasteiger partial charge in [0.1, 0.15) is 5.69 Å². The molecule has 4 heteroatoms. The summed E-state index contributed by atoms with van der Waals surface area (Å²) in [5.74, 6) is -0.103. The van der Waals surface area contributed by atoms with Gasteiger partial charge in [-0.1, -0.05) is 36.4 Å². The van der Waals surface area contributed by atoms with E-state index in [1.165, 1.54) is 18.4 Å². The maximum atomic E-state index is 12.4. The molecule has 4 nitrogen and oxygen atoms in total. The van der Waals surface area contributed by atoms with Gasteiger partial charge in [0.05, 0.1) is 6.04 Å². The number of rotatable bonds is 5. The number of nitrogens with zero attached hydrogens (tertiary/aromatic N) is 2. The van der Waals surface area contributed by atoms with Crippen molar-refractivity contribution in [2.75, 3.05) is 19.6 Å². The van der Waals surface area contributed by atoms with E-state index in [-0.39, 0.29) is 11.9 Å². The number of carbonyl (C=O) groups excluding carboxylic acids is 1. The Hall–Kier alpha value is -2.20. The van der Waals surface area contributed by atoms with Crippen molar-refractivity contribution in [3.63, 3.8) is 0 Å². The molecule has 1 aliphatic rings. The molecule has 1 saturated heterocycles. The SMILES string of the molecule is Cc1cccc(C(=O)NCC(c2ccccc2)N2CCCC2)n1. The molecular weight excluding hydrogens is 286 g/mol. The number of pyridine rings is 1. The van der Waals surface area contributed by atoms with E-state index in [2.05, 4.69) is 39.5 Å². The zero-order valence-electron chi connectivity index (χ0n) is 13.5. The Bertz CT molecular complexity index is 651. The summed E-state index contributed by atoms with van der Waals surface area (Å²) in [4.78, 5) is 19.1. The number of aromatic nitrogens is 1. The highest BCUT2D eigenvalue weighted by atomic mass is 16.1. The van der Waals surface area contributed by atoms with Crippen LogP contribution >= 0.6 is 0 Å². The molecule has 1 fully saturated rings. The predicted octanol–water partition coefficient (Wildman–Crippen LogP) is 2.96. The zero-order valence-corrected chi connectivity index (χ0v) is 13.5. The molecule has 0 radical (unpaired) electrons. The zero-order chi connectivity index (χ0) is 16.1. The highest BCUT2D eigenvalue weighted by Crippen LogP contribution is 2.24. The van der Waals surface area contributed by atoms with Crippen molar-refractivity contribution >= 4 is 5.91 Å². The lowest BCUT2D eigenvalue weighted by atomic mass is 10.1. The van der Waals surface area contributed by atoms with Crippen LogP contribution in [0.15, 0.2) is 48.5 Å². The summed E-state index contributed by atoms with van der Waals surface area (Å²) in [5, 5.41) is 3.06. The van der Waals surface area contributed by atoms with Gasteiger partial charge in [0.25, 0.3) is 5.91 Å². The van der Waals surface area contributed by atoms with Gasteiger partial charge in [0.2, 0.25) is 0 Å². The number of carbonyl (C=O) groups is 1. The number of aryl methyl sites for hydroxylation is 1. The molecule has 0 aliphatic carbocycles. The third kappa shape index (κ3) is 3.96. The minimum atomic E-state index is -0.103. The molecular formula is C19H23N3O. The molecule has 2 aromatic rings. The molecule has 1 aliphatic heterocycles. The van der Waals surface area contributed by atoms with Crippen LogP contribution < -0.4 is 5.32 Å². The van der Waals surface area contributed by atoms with E-state index in [0.29, 0.717) is 12.2 Å². The van der Waals surface area contributed by atoms with Crippen molar-refractivity contribution in [3.05, 3.63) is 65.5 Å². The second-order valence-electron chi connectivity index (χ2n) is 6.04.